The van der Waals surface area contributed by atoms with E-state index < -0.39 is 0 Å². The van der Waals surface area contributed by atoms with E-state index in [9.17, 15) is 0 Å². The summed E-state index contributed by atoms with van der Waals surface area (Å²) in [5.41, 5.74) is 3.65. The van der Waals surface area contributed by atoms with Crippen LogP contribution in [0.3, 0.4) is 0 Å². The number of hydrogen-bond donors (Lipinski definition) is 2. The number of aryl methyl sites for hydroxylation is 2. The van der Waals surface area contributed by atoms with Crippen LogP contribution in [0.2, 0.25) is 0 Å². The third-order valence-corrected chi connectivity index (χ3v) is 3.09. The molecular formula is C10H10N2S2. The summed E-state index contributed by atoms with van der Waals surface area (Å²) >= 11 is 8.58. The van der Waals surface area contributed by atoms with Gasteiger partial charge in [0.1, 0.15) is 0 Å². The van der Waals surface area contributed by atoms with Gasteiger partial charge in [0.15, 0.2) is 0 Å². The van der Waals surface area contributed by atoms with Gasteiger partial charge in [-0.05, 0) is 26.0 Å². The maximum absolute atomic E-state index is 4.43. The van der Waals surface area contributed by atoms with E-state index in [4.69, 9.17) is 0 Å². The second kappa shape index (κ2) is 3.44. The molecule has 0 unspecified atom stereocenters. The average Bonchev–Trinajstić information content (AvgIpc) is 2.11. The largest absolute Gasteiger partial charge is 0.250 e. The highest BCUT2D eigenvalue weighted by molar-refractivity contribution is 7.83. The van der Waals surface area contributed by atoms with Gasteiger partial charge in [-0.2, -0.15) is 0 Å². The van der Waals surface area contributed by atoms with Crippen molar-refractivity contribution >= 4 is 36.3 Å². The van der Waals surface area contributed by atoms with Gasteiger partial charge in [-0.15, -0.1) is 25.3 Å². The Morgan fingerprint density at radius 2 is 1.21 bits per heavy atom. The molecule has 0 amide bonds. The molecule has 72 valence electrons. The summed E-state index contributed by atoms with van der Waals surface area (Å²) in [6.07, 6.45) is 0. The quantitative estimate of drug-likeness (QED) is 0.670. The first kappa shape index (κ1) is 9.80. The lowest BCUT2D eigenvalue weighted by molar-refractivity contribution is 1.09. The summed E-state index contributed by atoms with van der Waals surface area (Å²) in [4.78, 5) is 10.5. The van der Waals surface area contributed by atoms with Crippen molar-refractivity contribution in [2.24, 2.45) is 0 Å². The summed E-state index contributed by atoms with van der Waals surface area (Å²) in [6, 6.07) is 3.78. The first-order chi connectivity index (χ1) is 6.58. The van der Waals surface area contributed by atoms with Gasteiger partial charge in [0, 0.05) is 9.79 Å². The monoisotopic (exact) mass is 222 g/mol. The Balaban J connectivity index is 2.83. The zero-order chi connectivity index (χ0) is 10.3. The molecule has 1 aromatic carbocycles. The molecular weight excluding hydrogens is 212 g/mol. The third kappa shape index (κ3) is 1.60. The van der Waals surface area contributed by atoms with E-state index in [0.717, 1.165) is 32.2 Å². The number of hydrogen-bond acceptors (Lipinski definition) is 4. The molecule has 0 saturated heterocycles. The van der Waals surface area contributed by atoms with Crippen LogP contribution in [-0.2, 0) is 0 Å². The Kier molecular flexibility index (Phi) is 2.41. The highest BCUT2D eigenvalue weighted by atomic mass is 32.1. The fourth-order valence-corrected chi connectivity index (χ4v) is 1.63. The SMILES string of the molecule is Cc1nc2cc(S)c(S)cc2nc1C. The molecule has 14 heavy (non-hydrogen) atoms. The number of benzene rings is 1. The summed E-state index contributed by atoms with van der Waals surface area (Å²) in [7, 11) is 0. The molecule has 0 radical (unpaired) electrons. The van der Waals surface area contributed by atoms with E-state index in [1.165, 1.54) is 0 Å². The second-order valence-electron chi connectivity index (χ2n) is 3.22. The minimum absolute atomic E-state index is 0.832. The van der Waals surface area contributed by atoms with Crippen molar-refractivity contribution in [3.8, 4) is 0 Å². The molecule has 0 bridgehead atoms. The standard InChI is InChI=1S/C10H10N2S2/c1-5-6(2)12-8-4-10(14)9(13)3-7(8)11-5/h3-4,13-14H,1-2H3. The Morgan fingerprint density at radius 3 is 1.57 bits per heavy atom. The van der Waals surface area contributed by atoms with Crippen LogP contribution < -0.4 is 0 Å². The van der Waals surface area contributed by atoms with E-state index >= 15 is 0 Å². The van der Waals surface area contributed by atoms with Crippen LogP contribution in [0.4, 0.5) is 0 Å². The lowest BCUT2D eigenvalue weighted by Gasteiger charge is -2.04. The number of nitrogens with zero attached hydrogens (tertiary/aromatic N) is 2. The Bertz CT molecular complexity index is 420. The van der Waals surface area contributed by atoms with Crippen LogP contribution in [0.15, 0.2) is 21.9 Å². The van der Waals surface area contributed by atoms with Crippen molar-refractivity contribution in [1.29, 1.82) is 0 Å². The fraction of sp³-hybridized carbons (Fsp3) is 0.200. The number of thiol groups is 2. The molecule has 1 heterocycles. The zero-order valence-electron chi connectivity index (χ0n) is 7.94. The molecule has 0 aliphatic carbocycles. The highest BCUT2D eigenvalue weighted by Crippen LogP contribution is 2.23. The van der Waals surface area contributed by atoms with Gasteiger partial charge in [0.25, 0.3) is 0 Å². The molecule has 2 aromatic rings. The molecule has 0 saturated carbocycles. The van der Waals surface area contributed by atoms with Crippen LogP contribution in [-0.4, -0.2) is 9.97 Å². The van der Waals surface area contributed by atoms with Gasteiger partial charge < -0.3 is 0 Å². The first-order valence-electron chi connectivity index (χ1n) is 4.25. The molecule has 0 N–H and O–H groups in total. The Labute approximate surface area is 93.6 Å². The molecule has 0 aliphatic rings. The molecule has 0 spiro atoms. The Hall–Kier alpha value is -0.740. The third-order valence-electron chi connectivity index (χ3n) is 2.17. The normalized spacial score (nSPS) is 10.9. The van der Waals surface area contributed by atoms with E-state index in [-0.39, 0.29) is 0 Å². The molecule has 0 atom stereocenters. The molecule has 0 fully saturated rings. The molecule has 4 heteroatoms. The minimum Gasteiger partial charge on any atom is -0.250 e. The smallest absolute Gasteiger partial charge is 0.0902 e. The van der Waals surface area contributed by atoms with E-state index in [1.54, 1.807) is 0 Å². The summed E-state index contributed by atoms with van der Waals surface area (Å²) in [5.74, 6) is 0. The van der Waals surface area contributed by atoms with Crippen molar-refractivity contribution in [2.45, 2.75) is 23.6 Å². The summed E-state index contributed by atoms with van der Waals surface area (Å²) in [5, 5.41) is 0. The van der Waals surface area contributed by atoms with Crippen molar-refractivity contribution in [1.82, 2.24) is 9.97 Å². The average molecular weight is 222 g/mol. The van der Waals surface area contributed by atoms with E-state index in [1.807, 2.05) is 26.0 Å². The van der Waals surface area contributed by atoms with Gasteiger partial charge in [-0.3, -0.25) is 0 Å². The van der Waals surface area contributed by atoms with Crippen molar-refractivity contribution in [2.75, 3.05) is 0 Å². The van der Waals surface area contributed by atoms with E-state index in [0.29, 0.717) is 0 Å². The van der Waals surface area contributed by atoms with Crippen LogP contribution in [0.25, 0.3) is 11.0 Å². The minimum atomic E-state index is 0.832. The van der Waals surface area contributed by atoms with Crippen LogP contribution >= 0.6 is 25.3 Å². The van der Waals surface area contributed by atoms with Crippen molar-refractivity contribution in [3.05, 3.63) is 23.5 Å². The summed E-state index contributed by atoms with van der Waals surface area (Å²) < 4.78 is 0. The molecule has 2 rings (SSSR count). The maximum Gasteiger partial charge on any atom is 0.0902 e. The maximum atomic E-state index is 4.43. The lowest BCUT2D eigenvalue weighted by Crippen LogP contribution is -1.93. The van der Waals surface area contributed by atoms with Gasteiger partial charge in [0.2, 0.25) is 0 Å². The molecule has 0 aliphatic heterocycles. The van der Waals surface area contributed by atoms with Crippen molar-refractivity contribution < 1.29 is 0 Å². The molecule has 2 nitrogen and oxygen atoms in total. The van der Waals surface area contributed by atoms with Gasteiger partial charge in [-0.25, -0.2) is 9.97 Å². The zero-order valence-corrected chi connectivity index (χ0v) is 9.73. The predicted molar refractivity (Wildman–Crippen MR) is 63.5 cm³/mol. The lowest BCUT2D eigenvalue weighted by atomic mass is 10.2. The van der Waals surface area contributed by atoms with E-state index in [2.05, 4.69) is 35.2 Å². The summed E-state index contributed by atoms with van der Waals surface area (Å²) in [6.45, 7) is 3.91. The van der Waals surface area contributed by atoms with Gasteiger partial charge in [-0.1, -0.05) is 0 Å². The van der Waals surface area contributed by atoms with Crippen LogP contribution in [0.5, 0.6) is 0 Å². The second-order valence-corrected chi connectivity index (χ2v) is 4.19. The van der Waals surface area contributed by atoms with Crippen LogP contribution in [0, 0.1) is 13.8 Å². The number of aromatic nitrogens is 2. The van der Waals surface area contributed by atoms with Crippen molar-refractivity contribution in [3.63, 3.8) is 0 Å². The van der Waals surface area contributed by atoms with Crippen LogP contribution in [0.1, 0.15) is 11.4 Å². The van der Waals surface area contributed by atoms with Gasteiger partial charge >= 0.3 is 0 Å². The highest BCUT2D eigenvalue weighted by Gasteiger charge is 2.03. The Morgan fingerprint density at radius 1 is 0.857 bits per heavy atom. The first-order valence-corrected chi connectivity index (χ1v) is 5.14. The van der Waals surface area contributed by atoms with Gasteiger partial charge in [0.05, 0.1) is 22.4 Å². The topological polar surface area (TPSA) is 25.8 Å². The fourth-order valence-electron chi connectivity index (χ4n) is 1.26. The predicted octanol–water partition coefficient (Wildman–Crippen LogP) is 2.82. The number of fused-ring (bicyclic) bond motifs is 1. The number of rotatable bonds is 0. The molecule has 1 aromatic heterocycles.